The van der Waals surface area contributed by atoms with Crippen molar-refractivity contribution in [2.45, 2.75) is 86.7 Å². The number of hydrogen-bond donors (Lipinski definition) is 3. The minimum absolute atomic E-state index is 0.0453. The van der Waals surface area contributed by atoms with Gasteiger partial charge in [-0.05, 0) is 24.2 Å². The van der Waals surface area contributed by atoms with Gasteiger partial charge in [0, 0.05) is 44.7 Å². The molecule has 1 aliphatic heterocycles. The van der Waals surface area contributed by atoms with Crippen LogP contribution in [0.3, 0.4) is 0 Å². The summed E-state index contributed by atoms with van der Waals surface area (Å²) in [5.41, 5.74) is -0.715. The van der Waals surface area contributed by atoms with E-state index in [2.05, 4.69) is 14.5 Å². The first-order valence-corrected chi connectivity index (χ1v) is 13.6. The fraction of sp³-hybridized carbons (Fsp3) is 0.792. The Morgan fingerprint density at radius 1 is 1.22 bits per heavy atom. The predicted molar refractivity (Wildman–Crippen MR) is 135 cm³/mol. The minimum atomic E-state index is -4.31. The lowest BCUT2D eigenvalue weighted by atomic mass is 9.70. The van der Waals surface area contributed by atoms with E-state index < -0.39 is 44.2 Å². The van der Waals surface area contributed by atoms with Crippen molar-refractivity contribution in [3.8, 4) is 0 Å². The van der Waals surface area contributed by atoms with Crippen LogP contribution in [0.1, 0.15) is 68.2 Å². The number of phosphoric ester groups is 1. The molecule has 0 bridgehead atoms. The van der Waals surface area contributed by atoms with Crippen molar-refractivity contribution in [2.24, 2.45) is 16.7 Å². The number of Topliss-reactive ketones (excluding diaryl/α,β-unsaturated/α-hetero) is 1. The molecule has 4 atom stereocenters. The molecule has 0 saturated carbocycles. The molecule has 1 unspecified atom stereocenters. The second kappa shape index (κ2) is 13.4. The molecule has 0 aromatic heterocycles. The van der Waals surface area contributed by atoms with Gasteiger partial charge in [-0.15, -0.1) is 4.67 Å². The van der Waals surface area contributed by atoms with E-state index in [4.69, 9.17) is 14.5 Å². The Bertz CT molecular complexity index is 894. The quantitative estimate of drug-likeness (QED) is 0.127. The maximum Gasteiger partial charge on any atom is 0.502 e. The van der Waals surface area contributed by atoms with E-state index in [1.807, 2.05) is 41.5 Å². The lowest BCUT2D eigenvalue weighted by Gasteiger charge is -2.37. The summed E-state index contributed by atoms with van der Waals surface area (Å²) in [6.07, 6.45) is -1.11. The largest absolute Gasteiger partial charge is 0.502 e. The van der Waals surface area contributed by atoms with Crippen molar-refractivity contribution in [3.05, 3.63) is 11.8 Å². The third-order valence-corrected chi connectivity index (χ3v) is 7.36. The Balaban J connectivity index is 3.24. The number of rotatable bonds is 14. The Hall–Kier alpha value is -1.66. The summed E-state index contributed by atoms with van der Waals surface area (Å²) >= 11 is 0. The summed E-state index contributed by atoms with van der Waals surface area (Å²) in [5.74, 6) is -0.896. The van der Waals surface area contributed by atoms with Gasteiger partial charge in [0.15, 0.2) is 5.78 Å². The highest BCUT2D eigenvalue weighted by molar-refractivity contribution is 7.48. The van der Waals surface area contributed by atoms with Crippen LogP contribution >= 0.6 is 7.82 Å². The molecule has 1 heterocycles. The number of carbonyl (C=O) groups is 3. The van der Waals surface area contributed by atoms with Gasteiger partial charge in [-0.2, -0.15) is 0 Å². The molecule has 0 aliphatic carbocycles. The van der Waals surface area contributed by atoms with Crippen LogP contribution < -0.4 is 5.32 Å². The second-order valence-corrected chi connectivity index (χ2v) is 12.7. The van der Waals surface area contributed by atoms with Crippen molar-refractivity contribution >= 4 is 25.4 Å². The molecule has 12 nitrogen and oxygen atoms in total. The molecule has 0 spiro atoms. The van der Waals surface area contributed by atoms with Gasteiger partial charge < -0.3 is 15.2 Å². The number of aliphatic hydroxyl groups excluding tert-OH is 1. The number of ketones is 1. The fourth-order valence-corrected chi connectivity index (χ4v) is 5.29. The van der Waals surface area contributed by atoms with Gasteiger partial charge in [0.1, 0.15) is 18.4 Å². The van der Waals surface area contributed by atoms with Gasteiger partial charge in [-0.1, -0.05) is 41.5 Å². The third kappa shape index (κ3) is 9.55. The highest BCUT2D eigenvalue weighted by atomic mass is 31.2. The van der Waals surface area contributed by atoms with E-state index in [0.29, 0.717) is 18.5 Å². The minimum Gasteiger partial charge on any atom is -0.394 e. The average Bonchev–Trinajstić information content (AvgIpc) is 3.17. The van der Waals surface area contributed by atoms with Crippen LogP contribution in [-0.4, -0.2) is 71.6 Å². The number of aliphatic hydroxyl groups is 1. The standard InChI is InChI=1S/C24H43N2O10P/c1-15(2)22(30)25-14-23(5,6)13-24(7,8)18(16(3)28)11-26(17(4)29)21-10-19(20(12-27)34-21)35-37(32,33-9)36-31/h11,15,19-21,27,31H,10,12-14H2,1-9H3,(H,25,30)/b18-11+/t19-,20-,21-,37?/m0/s1. The average molecular weight is 551 g/mol. The summed E-state index contributed by atoms with van der Waals surface area (Å²) < 4.78 is 31.6. The first kappa shape index (κ1) is 33.4. The van der Waals surface area contributed by atoms with E-state index in [9.17, 15) is 24.1 Å². The number of nitrogens with zero attached hydrogens (tertiary/aromatic N) is 1. The topological polar surface area (TPSA) is 161 Å². The number of ether oxygens (including phenoxy) is 1. The van der Waals surface area contributed by atoms with Crippen molar-refractivity contribution < 1.29 is 47.8 Å². The SMILES string of the molecule is COP(=O)(OO)O[C@H]1C[C@@H](N(/C=C(\C(C)=O)C(C)(C)CC(C)(C)CNC(=O)C(C)C)C(C)=O)O[C@H]1CO. The van der Waals surface area contributed by atoms with E-state index in [1.54, 1.807) is 0 Å². The van der Waals surface area contributed by atoms with Crippen molar-refractivity contribution in [3.63, 3.8) is 0 Å². The molecule has 214 valence electrons. The molecular weight excluding hydrogens is 507 g/mol. The first-order valence-electron chi connectivity index (χ1n) is 12.2. The molecule has 13 heteroatoms. The van der Waals surface area contributed by atoms with Crippen LogP contribution in [0.25, 0.3) is 0 Å². The molecule has 37 heavy (non-hydrogen) atoms. The summed E-state index contributed by atoms with van der Waals surface area (Å²) in [6, 6.07) is 0. The smallest absolute Gasteiger partial charge is 0.394 e. The van der Waals surface area contributed by atoms with Crippen molar-refractivity contribution in [2.75, 3.05) is 20.3 Å². The molecular formula is C24H43N2O10P. The fourth-order valence-electron chi connectivity index (χ4n) is 4.55. The Morgan fingerprint density at radius 3 is 2.24 bits per heavy atom. The van der Waals surface area contributed by atoms with Crippen LogP contribution in [0.5, 0.6) is 0 Å². The zero-order valence-corrected chi connectivity index (χ0v) is 24.2. The van der Waals surface area contributed by atoms with Gasteiger partial charge in [-0.3, -0.25) is 28.3 Å². The van der Waals surface area contributed by atoms with Crippen LogP contribution in [0, 0.1) is 16.7 Å². The van der Waals surface area contributed by atoms with Gasteiger partial charge >= 0.3 is 7.82 Å². The van der Waals surface area contributed by atoms with Crippen molar-refractivity contribution in [1.82, 2.24) is 10.2 Å². The highest BCUT2D eigenvalue weighted by Gasteiger charge is 2.44. The first-order chi connectivity index (χ1) is 16.9. The molecule has 0 aromatic carbocycles. The Morgan fingerprint density at radius 2 is 1.81 bits per heavy atom. The Kier molecular flexibility index (Phi) is 12.1. The zero-order chi connectivity index (χ0) is 28.8. The number of amides is 2. The predicted octanol–water partition coefficient (Wildman–Crippen LogP) is 3.26. The molecule has 1 fully saturated rings. The van der Waals surface area contributed by atoms with E-state index in [1.165, 1.54) is 24.9 Å². The summed E-state index contributed by atoms with van der Waals surface area (Å²) in [4.78, 5) is 38.7. The number of carbonyl (C=O) groups excluding carboxylic acids is 3. The zero-order valence-electron chi connectivity index (χ0n) is 23.3. The lowest BCUT2D eigenvalue weighted by Crippen LogP contribution is -2.40. The Labute approximate surface area is 219 Å². The molecule has 1 saturated heterocycles. The number of hydrogen-bond acceptors (Lipinski definition) is 10. The second-order valence-electron chi connectivity index (χ2n) is 11.0. The highest BCUT2D eigenvalue weighted by Crippen LogP contribution is 2.51. The molecule has 2 amide bonds. The molecule has 1 rings (SSSR count). The maximum atomic E-state index is 12.8. The third-order valence-electron chi connectivity index (χ3n) is 6.19. The summed E-state index contributed by atoms with van der Waals surface area (Å²) in [5, 5.41) is 21.5. The lowest BCUT2D eigenvalue weighted by molar-refractivity contribution is -0.170. The van der Waals surface area contributed by atoms with Crippen LogP contribution in [-0.2, 0) is 37.4 Å². The van der Waals surface area contributed by atoms with Gasteiger partial charge in [-0.25, -0.2) is 9.82 Å². The van der Waals surface area contributed by atoms with Gasteiger partial charge in [0.25, 0.3) is 0 Å². The van der Waals surface area contributed by atoms with E-state index >= 15 is 0 Å². The normalized spacial score (nSPS) is 22.6. The summed E-state index contributed by atoms with van der Waals surface area (Å²) in [7, 11) is -3.30. The maximum absolute atomic E-state index is 12.8. The number of nitrogens with one attached hydrogen (secondary N) is 1. The van der Waals surface area contributed by atoms with Crippen LogP contribution in [0.4, 0.5) is 0 Å². The van der Waals surface area contributed by atoms with Gasteiger partial charge in [0.05, 0.1) is 6.61 Å². The molecule has 3 N–H and O–H groups in total. The number of allylic oxidation sites excluding steroid dienone is 1. The van der Waals surface area contributed by atoms with Crippen LogP contribution in [0.2, 0.25) is 0 Å². The van der Waals surface area contributed by atoms with E-state index in [0.717, 1.165) is 7.11 Å². The van der Waals surface area contributed by atoms with Gasteiger partial charge in [0.2, 0.25) is 11.8 Å². The number of phosphoric acid groups is 1. The monoisotopic (exact) mass is 550 g/mol. The van der Waals surface area contributed by atoms with Crippen molar-refractivity contribution in [1.29, 1.82) is 0 Å². The molecule has 0 aromatic rings. The summed E-state index contributed by atoms with van der Waals surface area (Å²) in [6.45, 7) is 13.9. The molecule has 1 aliphatic rings. The van der Waals surface area contributed by atoms with E-state index in [-0.39, 0.29) is 29.4 Å². The van der Waals surface area contributed by atoms with Crippen LogP contribution in [0.15, 0.2) is 11.8 Å². The molecule has 0 radical (unpaired) electrons.